The number of rotatable bonds is 1. The molecule has 0 spiro atoms. The van der Waals surface area contributed by atoms with Gasteiger partial charge in [-0.2, -0.15) is 4.99 Å². The molecule has 14 heavy (non-hydrogen) atoms. The first-order valence-corrected chi connectivity index (χ1v) is 4.11. The zero-order chi connectivity index (χ0) is 10.1. The molecular formula is C7H6NNaO4S. The van der Waals surface area contributed by atoms with Gasteiger partial charge in [-0.1, -0.05) is 18.2 Å². The van der Waals surface area contributed by atoms with Crippen molar-refractivity contribution in [1.29, 1.82) is 0 Å². The minimum Gasteiger partial charge on any atom is -0.750 e. The van der Waals surface area contributed by atoms with Gasteiger partial charge in [0, 0.05) is 0 Å². The van der Waals surface area contributed by atoms with Crippen LogP contribution in [-0.2, 0) is 16.2 Å². The molecule has 0 bridgehead atoms. The number of para-hydroxylation sites is 1. The van der Waals surface area contributed by atoms with Crippen LogP contribution in [0.25, 0.3) is 0 Å². The molecule has 0 heterocycles. The summed E-state index contributed by atoms with van der Waals surface area (Å²) in [6.45, 7) is 0. The molecule has 0 saturated heterocycles. The van der Waals surface area contributed by atoms with Gasteiger partial charge >= 0.3 is 29.6 Å². The smallest absolute Gasteiger partial charge is 0.750 e. The van der Waals surface area contributed by atoms with Crippen molar-refractivity contribution >= 4 is 23.1 Å². The zero-order valence-electron chi connectivity index (χ0n) is 7.41. The fraction of sp³-hybridized carbons (Fsp3) is 0. The average Bonchev–Trinajstić information content (AvgIpc) is 2.06. The standard InChI is InChI=1S/C7H5NO.Na.H2O3S/c9-6-8-7-4-2-1-3-5-7;;1-4(2)3/h1-5H;;(H2,1,2,3)/q;+1;/p-1. The van der Waals surface area contributed by atoms with E-state index in [-0.39, 0.29) is 29.6 Å². The third-order valence-electron chi connectivity index (χ3n) is 0.931. The van der Waals surface area contributed by atoms with Gasteiger partial charge in [0.1, 0.15) is 0 Å². The largest absolute Gasteiger partial charge is 1.00 e. The van der Waals surface area contributed by atoms with Crippen molar-refractivity contribution in [1.82, 2.24) is 0 Å². The van der Waals surface area contributed by atoms with Crippen LogP contribution in [0.1, 0.15) is 0 Å². The zero-order valence-corrected chi connectivity index (χ0v) is 10.2. The summed E-state index contributed by atoms with van der Waals surface area (Å²) < 4.78 is 24.1. The van der Waals surface area contributed by atoms with Crippen molar-refractivity contribution in [3.05, 3.63) is 30.3 Å². The quantitative estimate of drug-likeness (QED) is 0.258. The van der Waals surface area contributed by atoms with Crippen molar-refractivity contribution < 1.29 is 47.7 Å². The maximum atomic E-state index is 9.68. The molecule has 1 aromatic rings. The molecule has 1 unspecified atom stereocenters. The molecule has 0 radical (unpaired) electrons. The SMILES string of the molecule is O=C=Nc1ccccc1.O=S([O-])O.[Na+]. The summed E-state index contributed by atoms with van der Waals surface area (Å²) in [7, 11) is 0. The molecule has 0 aromatic heterocycles. The van der Waals surface area contributed by atoms with Crippen LogP contribution in [0.5, 0.6) is 0 Å². The first-order valence-electron chi connectivity index (χ1n) is 3.08. The molecule has 70 valence electrons. The van der Waals surface area contributed by atoms with Crippen molar-refractivity contribution in [3.63, 3.8) is 0 Å². The summed E-state index contributed by atoms with van der Waals surface area (Å²) in [5.41, 5.74) is 0.646. The van der Waals surface area contributed by atoms with Gasteiger partial charge in [0.25, 0.3) is 0 Å². The van der Waals surface area contributed by atoms with Crippen molar-refractivity contribution in [2.75, 3.05) is 0 Å². The maximum absolute atomic E-state index is 9.68. The average molecular weight is 223 g/mol. The minimum absolute atomic E-state index is 0. The fourth-order valence-corrected chi connectivity index (χ4v) is 0.555. The Kier molecular flexibility index (Phi) is 12.4. The van der Waals surface area contributed by atoms with Gasteiger partial charge in [0.05, 0.1) is 17.0 Å². The molecule has 5 nitrogen and oxygen atoms in total. The number of carbonyl (C=O) groups excluding carboxylic acids is 1. The van der Waals surface area contributed by atoms with E-state index in [2.05, 4.69) is 4.99 Å². The Bertz CT molecular complexity index is 309. The molecule has 1 aromatic carbocycles. The Balaban J connectivity index is 0. The third-order valence-corrected chi connectivity index (χ3v) is 0.931. The second-order valence-corrected chi connectivity index (χ2v) is 2.19. The van der Waals surface area contributed by atoms with Crippen molar-refractivity contribution in [2.24, 2.45) is 4.99 Å². The van der Waals surface area contributed by atoms with Crippen molar-refractivity contribution in [3.8, 4) is 0 Å². The molecule has 0 aliphatic rings. The molecule has 0 aliphatic carbocycles. The van der Waals surface area contributed by atoms with E-state index in [4.69, 9.17) is 13.3 Å². The van der Waals surface area contributed by atoms with Crippen LogP contribution in [0.4, 0.5) is 5.69 Å². The van der Waals surface area contributed by atoms with Gasteiger partial charge in [-0.25, -0.2) is 9.00 Å². The number of nitrogens with zero attached hydrogens (tertiary/aromatic N) is 1. The molecule has 1 N–H and O–H groups in total. The van der Waals surface area contributed by atoms with Gasteiger partial charge in [0.15, 0.2) is 0 Å². The van der Waals surface area contributed by atoms with E-state index >= 15 is 0 Å². The molecule has 0 aliphatic heterocycles. The van der Waals surface area contributed by atoms with Gasteiger partial charge in [-0.3, -0.25) is 0 Å². The normalized spacial score (nSPS) is 9.57. The molecule has 7 heteroatoms. The first kappa shape index (κ1) is 16.1. The summed E-state index contributed by atoms with van der Waals surface area (Å²) >= 11 is -2.86. The minimum atomic E-state index is -2.86. The predicted octanol–water partition coefficient (Wildman–Crippen LogP) is -2.00. The number of hydrogen-bond donors (Lipinski definition) is 1. The summed E-state index contributed by atoms with van der Waals surface area (Å²) in [6, 6.07) is 8.98. The number of benzene rings is 1. The van der Waals surface area contributed by atoms with Crippen LogP contribution >= 0.6 is 0 Å². The fourth-order valence-electron chi connectivity index (χ4n) is 0.555. The second-order valence-electron chi connectivity index (χ2n) is 1.76. The number of isocyanates is 1. The maximum Gasteiger partial charge on any atom is 1.00 e. The van der Waals surface area contributed by atoms with Crippen LogP contribution in [-0.4, -0.2) is 19.4 Å². The van der Waals surface area contributed by atoms with Gasteiger partial charge in [-0.05, 0) is 12.1 Å². The molecule has 0 saturated carbocycles. The Hall–Kier alpha value is -0.330. The van der Waals surface area contributed by atoms with Gasteiger partial charge in [-0.15, -0.1) is 0 Å². The molecule has 1 rings (SSSR count). The van der Waals surface area contributed by atoms with Crippen molar-refractivity contribution in [2.45, 2.75) is 0 Å². The first-order chi connectivity index (χ1) is 6.16. The van der Waals surface area contributed by atoms with Crippen LogP contribution in [0.2, 0.25) is 0 Å². The van der Waals surface area contributed by atoms with E-state index in [0.29, 0.717) is 5.69 Å². The molecule has 1 atom stereocenters. The number of hydrogen-bond acceptors (Lipinski definition) is 4. The van der Waals surface area contributed by atoms with E-state index in [1.807, 2.05) is 18.2 Å². The summed E-state index contributed by atoms with van der Waals surface area (Å²) in [5.74, 6) is 0. The molecule has 0 amide bonds. The Morgan fingerprint density at radius 1 is 1.36 bits per heavy atom. The Labute approximate surface area is 106 Å². The van der Waals surface area contributed by atoms with Crippen LogP contribution < -0.4 is 29.6 Å². The van der Waals surface area contributed by atoms with E-state index < -0.39 is 11.4 Å². The predicted molar refractivity (Wildman–Crippen MR) is 45.8 cm³/mol. The molecule has 0 fully saturated rings. The topological polar surface area (TPSA) is 89.8 Å². The summed E-state index contributed by atoms with van der Waals surface area (Å²) in [5, 5.41) is 0. The van der Waals surface area contributed by atoms with E-state index in [1.165, 1.54) is 6.08 Å². The third kappa shape index (κ3) is 11.7. The number of aliphatic imine (C=N–C) groups is 1. The Morgan fingerprint density at radius 2 is 1.79 bits per heavy atom. The summed E-state index contributed by atoms with van der Waals surface area (Å²) in [6.07, 6.45) is 1.46. The Morgan fingerprint density at radius 3 is 2.14 bits per heavy atom. The van der Waals surface area contributed by atoms with Crippen LogP contribution in [0.15, 0.2) is 35.3 Å². The van der Waals surface area contributed by atoms with E-state index in [0.717, 1.165) is 0 Å². The van der Waals surface area contributed by atoms with Crippen LogP contribution in [0, 0.1) is 0 Å². The van der Waals surface area contributed by atoms with Gasteiger partial charge in [0.2, 0.25) is 6.08 Å². The monoisotopic (exact) mass is 223 g/mol. The van der Waals surface area contributed by atoms with E-state index in [9.17, 15) is 4.79 Å². The van der Waals surface area contributed by atoms with Crippen LogP contribution in [0.3, 0.4) is 0 Å². The van der Waals surface area contributed by atoms with E-state index in [1.54, 1.807) is 12.1 Å². The summed E-state index contributed by atoms with van der Waals surface area (Å²) in [4.78, 5) is 13.1. The molecular weight excluding hydrogens is 217 g/mol. The van der Waals surface area contributed by atoms with Gasteiger partial charge < -0.3 is 9.11 Å². The second kappa shape index (κ2) is 10.7.